The van der Waals surface area contributed by atoms with Crippen molar-refractivity contribution in [1.82, 2.24) is 9.88 Å². The van der Waals surface area contributed by atoms with E-state index in [2.05, 4.69) is 16.0 Å². The molecule has 1 saturated heterocycles. The third-order valence-corrected chi connectivity index (χ3v) is 4.15. The molecule has 0 bridgehead atoms. The van der Waals surface area contributed by atoms with Gasteiger partial charge in [-0.15, -0.1) is 0 Å². The van der Waals surface area contributed by atoms with Crippen LogP contribution in [0.25, 0.3) is 0 Å². The van der Waals surface area contributed by atoms with Gasteiger partial charge in [0, 0.05) is 31.9 Å². The Morgan fingerprint density at radius 1 is 1.44 bits per heavy atom. The zero-order valence-corrected chi connectivity index (χ0v) is 10.7. The Morgan fingerprint density at radius 2 is 2.39 bits per heavy atom. The molecule has 2 fully saturated rings. The number of morpholine rings is 1. The number of aromatic nitrogens is 1. The molecule has 98 valence electrons. The van der Waals surface area contributed by atoms with Crippen molar-refractivity contribution in [2.24, 2.45) is 5.73 Å². The molecule has 2 heterocycles. The van der Waals surface area contributed by atoms with Crippen LogP contribution in [0.15, 0.2) is 18.3 Å². The van der Waals surface area contributed by atoms with Gasteiger partial charge in [-0.1, -0.05) is 6.07 Å². The lowest BCUT2D eigenvalue weighted by Crippen LogP contribution is -2.48. The summed E-state index contributed by atoms with van der Waals surface area (Å²) in [5, 5.41) is 0. The van der Waals surface area contributed by atoms with E-state index in [1.807, 2.05) is 12.3 Å². The molecule has 3 rings (SSSR count). The molecule has 0 aromatic carbocycles. The number of fused-ring (bicyclic) bond motifs is 1. The molecule has 2 aliphatic rings. The van der Waals surface area contributed by atoms with Crippen molar-refractivity contribution in [3.05, 3.63) is 29.6 Å². The Morgan fingerprint density at radius 3 is 3.28 bits per heavy atom. The highest BCUT2D eigenvalue weighted by atomic mass is 16.5. The largest absolute Gasteiger partial charge is 0.375 e. The number of nitrogens with zero attached hydrogens (tertiary/aromatic N) is 2. The summed E-state index contributed by atoms with van der Waals surface area (Å²) < 4.78 is 5.84. The van der Waals surface area contributed by atoms with Crippen LogP contribution in [0, 0.1) is 0 Å². The van der Waals surface area contributed by atoms with E-state index in [1.165, 1.54) is 24.8 Å². The van der Waals surface area contributed by atoms with Gasteiger partial charge < -0.3 is 10.5 Å². The summed E-state index contributed by atoms with van der Waals surface area (Å²) in [6.07, 6.45) is 6.06. The monoisotopic (exact) mass is 247 g/mol. The summed E-state index contributed by atoms with van der Waals surface area (Å²) in [5.41, 5.74) is 8.05. The predicted octanol–water partition coefficient (Wildman–Crippen LogP) is 1.29. The Hall–Kier alpha value is -0.970. The lowest BCUT2D eigenvalue weighted by molar-refractivity contribution is -0.0589. The molecule has 18 heavy (non-hydrogen) atoms. The fraction of sp³-hybridized carbons (Fsp3) is 0.643. The van der Waals surface area contributed by atoms with E-state index in [4.69, 9.17) is 10.5 Å². The van der Waals surface area contributed by atoms with Crippen LogP contribution in [0.3, 0.4) is 0 Å². The summed E-state index contributed by atoms with van der Waals surface area (Å²) in [6, 6.07) is 4.75. The summed E-state index contributed by atoms with van der Waals surface area (Å²) >= 11 is 0. The van der Waals surface area contributed by atoms with E-state index >= 15 is 0 Å². The highest BCUT2D eigenvalue weighted by molar-refractivity contribution is 5.19. The van der Waals surface area contributed by atoms with Gasteiger partial charge in [0.1, 0.15) is 0 Å². The minimum atomic E-state index is 0.455. The molecule has 0 spiro atoms. The molecule has 0 amide bonds. The Kier molecular flexibility index (Phi) is 3.59. The normalized spacial score (nSPS) is 28.3. The summed E-state index contributed by atoms with van der Waals surface area (Å²) in [4.78, 5) is 6.92. The Balaban J connectivity index is 1.75. The highest BCUT2D eigenvalue weighted by Crippen LogP contribution is 2.30. The number of nitrogens with two attached hydrogens (primary N) is 1. The maximum atomic E-state index is 5.84. The van der Waals surface area contributed by atoms with Crippen LogP contribution >= 0.6 is 0 Å². The van der Waals surface area contributed by atoms with Crippen molar-refractivity contribution < 1.29 is 4.74 Å². The molecule has 0 radical (unpaired) electrons. The van der Waals surface area contributed by atoms with Gasteiger partial charge in [-0.3, -0.25) is 9.88 Å². The molecular weight excluding hydrogens is 226 g/mol. The molecule has 1 aromatic rings. The van der Waals surface area contributed by atoms with Gasteiger partial charge in [0.15, 0.2) is 0 Å². The van der Waals surface area contributed by atoms with Crippen molar-refractivity contribution in [1.29, 1.82) is 0 Å². The van der Waals surface area contributed by atoms with E-state index in [0.717, 1.165) is 25.4 Å². The van der Waals surface area contributed by atoms with E-state index < -0.39 is 0 Å². The first-order valence-electron chi connectivity index (χ1n) is 6.87. The molecule has 4 heteroatoms. The number of hydrogen-bond donors (Lipinski definition) is 1. The van der Waals surface area contributed by atoms with Crippen molar-refractivity contribution in [3.63, 3.8) is 0 Å². The van der Waals surface area contributed by atoms with Crippen molar-refractivity contribution in [2.75, 3.05) is 13.2 Å². The van der Waals surface area contributed by atoms with Crippen molar-refractivity contribution in [3.8, 4) is 0 Å². The smallest absolute Gasteiger partial charge is 0.0731 e. The fourth-order valence-corrected chi connectivity index (χ4v) is 3.22. The number of pyridine rings is 1. The maximum absolute atomic E-state index is 5.84. The first-order chi connectivity index (χ1) is 8.88. The SMILES string of the molecule is NCc1ncccc1CN1CCOC2CCCC21. The summed E-state index contributed by atoms with van der Waals surface area (Å²) in [7, 11) is 0. The van der Waals surface area contributed by atoms with Gasteiger partial charge in [-0.25, -0.2) is 0 Å². The predicted molar refractivity (Wildman–Crippen MR) is 69.9 cm³/mol. The Labute approximate surface area is 108 Å². The number of ether oxygens (including phenoxy) is 1. The zero-order chi connectivity index (χ0) is 12.4. The second-order valence-electron chi connectivity index (χ2n) is 5.19. The van der Waals surface area contributed by atoms with Crippen LogP contribution in [0.1, 0.15) is 30.5 Å². The second kappa shape index (κ2) is 5.34. The molecule has 2 N–H and O–H groups in total. The molecule has 2 atom stereocenters. The second-order valence-corrected chi connectivity index (χ2v) is 5.19. The zero-order valence-electron chi connectivity index (χ0n) is 10.7. The molecular formula is C14H21N3O. The fourth-order valence-electron chi connectivity index (χ4n) is 3.22. The Bertz CT molecular complexity index is 410. The minimum absolute atomic E-state index is 0.455. The van der Waals surface area contributed by atoms with Gasteiger partial charge in [0.25, 0.3) is 0 Å². The summed E-state index contributed by atoms with van der Waals surface area (Å²) in [5.74, 6) is 0. The molecule has 4 nitrogen and oxygen atoms in total. The van der Waals surface area contributed by atoms with Gasteiger partial charge in [0.05, 0.1) is 18.4 Å². The minimum Gasteiger partial charge on any atom is -0.375 e. The van der Waals surface area contributed by atoms with Gasteiger partial charge in [0.2, 0.25) is 0 Å². The number of rotatable bonds is 3. The number of hydrogen-bond acceptors (Lipinski definition) is 4. The van der Waals surface area contributed by atoms with E-state index in [9.17, 15) is 0 Å². The molecule has 1 aliphatic carbocycles. The first kappa shape index (κ1) is 12.1. The highest BCUT2D eigenvalue weighted by Gasteiger charge is 2.35. The van der Waals surface area contributed by atoms with Crippen molar-refractivity contribution in [2.45, 2.75) is 44.5 Å². The first-order valence-corrected chi connectivity index (χ1v) is 6.87. The quantitative estimate of drug-likeness (QED) is 0.874. The standard InChI is InChI=1S/C14H21N3O/c15-9-12-11(3-2-6-16-12)10-17-7-8-18-14-5-1-4-13(14)17/h2-3,6,13-14H,1,4-5,7-10,15H2. The third kappa shape index (κ3) is 2.28. The molecule has 1 aromatic heterocycles. The van der Waals surface area contributed by atoms with Crippen LogP contribution in [0.4, 0.5) is 0 Å². The average Bonchev–Trinajstić information content (AvgIpc) is 2.89. The average molecular weight is 247 g/mol. The van der Waals surface area contributed by atoms with Gasteiger partial charge in [-0.2, -0.15) is 0 Å². The van der Waals surface area contributed by atoms with Crippen LogP contribution in [0.5, 0.6) is 0 Å². The van der Waals surface area contributed by atoms with Crippen molar-refractivity contribution >= 4 is 0 Å². The topological polar surface area (TPSA) is 51.4 Å². The van der Waals surface area contributed by atoms with Crippen LogP contribution in [0.2, 0.25) is 0 Å². The third-order valence-electron chi connectivity index (χ3n) is 4.15. The van der Waals surface area contributed by atoms with Crippen LogP contribution < -0.4 is 5.73 Å². The van der Waals surface area contributed by atoms with Crippen LogP contribution in [-0.2, 0) is 17.8 Å². The van der Waals surface area contributed by atoms with Crippen LogP contribution in [-0.4, -0.2) is 35.2 Å². The maximum Gasteiger partial charge on any atom is 0.0731 e. The lowest BCUT2D eigenvalue weighted by Gasteiger charge is -2.37. The van der Waals surface area contributed by atoms with E-state index in [0.29, 0.717) is 18.7 Å². The molecule has 2 unspecified atom stereocenters. The lowest BCUT2D eigenvalue weighted by atomic mass is 10.1. The van der Waals surface area contributed by atoms with E-state index in [-0.39, 0.29) is 0 Å². The van der Waals surface area contributed by atoms with Gasteiger partial charge in [-0.05, 0) is 30.9 Å². The van der Waals surface area contributed by atoms with Gasteiger partial charge >= 0.3 is 0 Å². The van der Waals surface area contributed by atoms with E-state index in [1.54, 1.807) is 0 Å². The molecule has 1 saturated carbocycles. The molecule has 1 aliphatic heterocycles. The summed E-state index contributed by atoms with van der Waals surface area (Å²) in [6.45, 7) is 3.37.